The summed E-state index contributed by atoms with van der Waals surface area (Å²) < 4.78 is 5.27. The zero-order valence-corrected chi connectivity index (χ0v) is 9.69. The molecule has 2 saturated heterocycles. The maximum absolute atomic E-state index is 11.9. The van der Waals surface area contributed by atoms with E-state index in [1.54, 1.807) is 0 Å². The van der Waals surface area contributed by atoms with Crippen LogP contribution in [-0.4, -0.2) is 42.3 Å². The molecule has 0 radical (unpaired) electrons. The molecule has 3 unspecified atom stereocenters. The fraction of sp³-hybridized carbons (Fsp3) is 0.909. The van der Waals surface area contributed by atoms with Crippen LogP contribution in [0.1, 0.15) is 27.2 Å². The van der Waals surface area contributed by atoms with Crippen LogP contribution in [0.2, 0.25) is 0 Å². The predicted molar refractivity (Wildman–Crippen MR) is 57.7 cm³/mol. The van der Waals surface area contributed by atoms with Crippen molar-refractivity contribution in [2.45, 2.75) is 45.4 Å². The van der Waals surface area contributed by atoms with Crippen molar-refractivity contribution in [3.63, 3.8) is 0 Å². The first-order valence-corrected chi connectivity index (χ1v) is 5.79. The lowest BCUT2D eigenvalue weighted by Crippen LogP contribution is -2.43. The van der Waals surface area contributed by atoms with Gasteiger partial charge in [-0.15, -0.1) is 0 Å². The first-order valence-electron chi connectivity index (χ1n) is 5.79. The molecule has 1 N–H and O–H groups in total. The highest BCUT2D eigenvalue weighted by Crippen LogP contribution is 2.32. The lowest BCUT2D eigenvalue weighted by Gasteiger charge is -2.27. The third kappa shape index (κ3) is 1.95. The van der Waals surface area contributed by atoms with Crippen molar-refractivity contribution < 1.29 is 9.53 Å². The number of amides is 1. The second-order valence-electron chi connectivity index (χ2n) is 4.91. The number of carbonyl (C=O) groups is 1. The standard InChI is InChI=1S/C11H20N2O2/c1-7(2)15-11(14)13-8(3)4-9-5-12-6-10(9)13/h7-10,12H,4-6H2,1-3H3. The lowest BCUT2D eigenvalue weighted by molar-refractivity contribution is 0.0638. The van der Waals surface area contributed by atoms with Gasteiger partial charge in [-0.2, -0.15) is 0 Å². The molecule has 0 aromatic heterocycles. The summed E-state index contributed by atoms with van der Waals surface area (Å²) in [6.45, 7) is 7.86. The van der Waals surface area contributed by atoms with Crippen LogP contribution >= 0.6 is 0 Å². The monoisotopic (exact) mass is 212 g/mol. The van der Waals surface area contributed by atoms with Crippen LogP contribution in [-0.2, 0) is 4.74 Å². The highest BCUT2D eigenvalue weighted by Gasteiger charge is 2.44. The molecule has 2 heterocycles. The zero-order valence-electron chi connectivity index (χ0n) is 9.69. The largest absolute Gasteiger partial charge is 0.447 e. The van der Waals surface area contributed by atoms with Gasteiger partial charge in [0, 0.05) is 19.1 Å². The predicted octanol–water partition coefficient (Wildman–Crippen LogP) is 1.21. The molecule has 15 heavy (non-hydrogen) atoms. The van der Waals surface area contributed by atoms with E-state index in [-0.39, 0.29) is 12.2 Å². The van der Waals surface area contributed by atoms with E-state index in [0.717, 1.165) is 19.5 Å². The van der Waals surface area contributed by atoms with Crippen LogP contribution < -0.4 is 5.32 Å². The molecule has 0 saturated carbocycles. The number of ether oxygens (including phenoxy) is 1. The molecule has 2 rings (SSSR count). The van der Waals surface area contributed by atoms with Gasteiger partial charge in [0.25, 0.3) is 0 Å². The molecule has 1 amide bonds. The summed E-state index contributed by atoms with van der Waals surface area (Å²) in [6, 6.07) is 0.680. The quantitative estimate of drug-likeness (QED) is 0.710. The second kappa shape index (κ2) is 4.00. The Hall–Kier alpha value is -0.770. The van der Waals surface area contributed by atoms with E-state index in [9.17, 15) is 4.79 Å². The number of hydrogen-bond acceptors (Lipinski definition) is 3. The summed E-state index contributed by atoms with van der Waals surface area (Å²) in [5.41, 5.74) is 0. The third-order valence-corrected chi connectivity index (χ3v) is 3.33. The van der Waals surface area contributed by atoms with Crippen molar-refractivity contribution >= 4 is 6.09 Å². The van der Waals surface area contributed by atoms with Crippen LogP contribution in [0.15, 0.2) is 0 Å². The van der Waals surface area contributed by atoms with E-state index in [2.05, 4.69) is 12.2 Å². The number of carbonyl (C=O) groups excluding carboxylic acids is 1. The zero-order chi connectivity index (χ0) is 11.0. The number of nitrogens with zero attached hydrogens (tertiary/aromatic N) is 1. The summed E-state index contributed by atoms with van der Waals surface area (Å²) in [7, 11) is 0. The minimum absolute atomic E-state index is 0.0295. The van der Waals surface area contributed by atoms with Gasteiger partial charge in [-0.1, -0.05) is 0 Å². The number of hydrogen-bond donors (Lipinski definition) is 1. The highest BCUT2D eigenvalue weighted by atomic mass is 16.6. The van der Waals surface area contributed by atoms with E-state index in [0.29, 0.717) is 18.0 Å². The summed E-state index contributed by atoms with van der Waals surface area (Å²) in [4.78, 5) is 13.8. The Labute approximate surface area is 91.0 Å². The van der Waals surface area contributed by atoms with Gasteiger partial charge in [-0.05, 0) is 33.1 Å². The molecule has 0 aromatic carbocycles. The van der Waals surface area contributed by atoms with Gasteiger partial charge in [0.15, 0.2) is 0 Å². The van der Waals surface area contributed by atoms with E-state index >= 15 is 0 Å². The second-order valence-corrected chi connectivity index (χ2v) is 4.91. The van der Waals surface area contributed by atoms with Crippen LogP contribution in [0.3, 0.4) is 0 Å². The average molecular weight is 212 g/mol. The SMILES string of the molecule is CC(C)OC(=O)N1C(C)CC2CNCC21. The molecule has 3 atom stereocenters. The average Bonchev–Trinajstić information content (AvgIpc) is 2.60. The fourth-order valence-corrected chi connectivity index (χ4v) is 2.74. The molecule has 0 spiro atoms. The molecular weight excluding hydrogens is 192 g/mol. The summed E-state index contributed by atoms with van der Waals surface area (Å²) in [5, 5.41) is 3.33. The van der Waals surface area contributed by atoms with E-state index in [1.165, 1.54) is 0 Å². The van der Waals surface area contributed by atoms with Gasteiger partial charge < -0.3 is 15.0 Å². The molecule has 0 bridgehead atoms. The number of fused-ring (bicyclic) bond motifs is 1. The van der Waals surface area contributed by atoms with Crippen molar-refractivity contribution in [1.82, 2.24) is 10.2 Å². The molecule has 2 fully saturated rings. The molecule has 4 nitrogen and oxygen atoms in total. The molecule has 0 aromatic rings. The van der Waals surface area contributed by atoms with Gasteiger partial charge >= 0.3 is 6.09 Å². The van der Waals surface area contributed by atoms with Crippen LogP contribution in [0.4, 0.5) is 4.79 Å². The number of nitrogens with one attached hydrogen (secondary N) is 1. The molecule has 2 aliphatic rings. The van der Waals surface area contributed by atoms with E-state index in [1.807, 2.05) is 18.7 Å². The van der Waals surface area contributed by atoms with E-state index in [4.69, 9.17) is 4.74 Å². The summed E-state index contributed by atoms with van der Waals surface area (Å²) in [5.74, 6) is 0.625. The Morgan fingerprint density at radius 3 is 2.87 bits per heavy atom. The van der Waals surface area contributed by atoms with Crippen molar-refractivity contribution in [2.24, 2.45) is 5.92 Å². The fourth-order valence-electron chi connectivity index (χ4n) is 2.74. The topological polar surface area (TPSA) is 41.6 Å². The Morgan fingerprint density at radius 1 is 1.47 bits per heavy atom. The van der Waals surface area contributed by atoms with Crippen molar-refractivity contribution in [3.05, 3.63) is 0 Å². The maximum Gasteiger partial charge on any atom is 0.410 e. The van der Waals surface area contributed by atoms with Gasteiger partial charge in [0.2, 0.25) is 0 Å². The number of rotatable bonds is 1. The van der Waals surface area contributed by atoms with Crippen LogP contribution in [0.5, 0.6) is 0 Å². The molecule has 0 aliphatic carbocycles. The van der Waals surface area contributed by atoms with Crippen molar-refractivity contribution in [3.8, 4) is 0 Å². The normalized spacial score (nSPS) is 34.7. The first kappa shape index (κ1) is 10.7. The molecule has 4 heteroatoms. The van der Waals surface area contributed by atoms with Gasteiger partial charge in [0.1, 0.15) is 0 Å². The van der Waals surface area contributed by atoms with Gasteiger partial charge in [0.05, 0.1) is 12.1 Å². The van der Waals surface area contributed by atoms with Crippen molar-refractivity contribution in [1.29, 1.82) is 0 Å². The van der Waals surface area contributed by atoms with Crippen LogP contribution in [0.25, 0.3) is 0 Å². The Kier molecular flexibility index (Phi) is 2.87. The van der Waals surface area contributed by atoms with Gasteiger partial charge in [-0.3, -0.25) is 0 Å². The Balaban J connectivity index is 2.03. The molecular formula is C11H20N2O2. The smallest absolute Gasteiger partial charge is 0.410 e. The summed E-state index contributed by atoms with van der Waals surface area (Å²) >= 11 is 0. The lowest BCUT2D eigenvalue weighted by atomic mass is 10.0. The summed E-state index contributed by atoms with van der Waals surface area (Å²) in [6.07, 6.45) is 0.928. The van der Waals surface area contributed by atoms with E-state index < -0.39 is 0 Å². The number of likely N-dealkylation sites (tertiary alicyclic amines) is 1. The van der Waals surface area contributed by atoms with Crippen molar-refractivity contribution in [2.75, 3.05) is 13.1 Å². The highest BCUT2D eigenvalue weighted by molar-refractivity contribution is 5.69. The Morgan fingerprint density at radius 2 is 2.20 bits per heavy atom. The molecule has 2 aliphatic heterocycles. The van der Waals surface area contributed by atoms with Gasteiger partial charge in [-0.25, -0.2) is 4.79 Å². The van der Waals surface area contributed by atoms with Crippen LogP contribution in [0, 0.1) is 5.92 Å². The maximum atomic E-state index is 11.9. The molecule has 86 valence electrons. The minimum Gasteiger partial charge on any atom is -0.447 e. The first-order chi connectivity index (χ1) is 7.09. The third-order valence-electron chi connectivity index (χ3n) is 3.33. The Bertz CT molecular complexity index is 255. The minimum atomic E-state index is -0.145.